The molecule has 0 aromatic heterocycles. The Kier molecular flexibility index (Phi) is 177. The summed E-state index contributed by atoms with van der Waals surface area (Å²) in [4.78, 5) is 0. The summed E-state index contributed by atoms with van der Waals surface area (Å²) >= 11 is 0. The maximum atomic E-state index is 0. The molecule has 4 heteroatoms. The minimum Gasteiger partial charge on any atom is 0 e. The van der Waals surface area contributed by atoms with Gasteiger partial charge in [0.25, 0.3) is 0 Å². The van der Waals surface area contributed by atoms with Gasteiger partial charge in [0.15, 0.2) is 0 Å². The molecular weight excluding hydrogens is 226 g/mol. The summed E-state index contributed by atoms with van der Waals surface area (Å²) in [6.07, 6.45) is 0. The Morgan fingerprint density at radius 2 is 0.750 bits per heavy atom. The summed E-state index contributed by atoms with van der Waals surface area (Å²) in [5.74, 6) is 0. The standard InChI is InChI=1S/2Cr.Cu.Ni. The van der Waals surface area contributed by atoms with Crippen LogP contribution in [0.3, 0.4) is 0 Å². The molecule has 0 bridgehead atoms. The Morgan fingerprint density at radius 1 is 0.750 bits per heavy atom. The van der Waals surface area contributed by atoms with E-state index in [2.05, 4.69) is 0 Å². The summed E-state index contributed by atoms with van der Waals surface area (Å²) < 4.78 is 0. The van der Waals surface area contributed by atoms with E-state index >= 15 is 0 Å². The van der Waals surface area contributed by atoms with Crippen LogP contribution in [0.4, 0.5) is 0 Å². The van der Waals surface area contributed by atoms with Crippen molar-refractivity contribution >= 4 is 0 Å². The molecule has 0 fully saturated rings. The molecule has 0 saturated carbocycles. The quantitative estimate of drug-likeness (QED) is 0.510. The first-order chi connectivity index (χ1) is 0. The molecule has 0 unspecified atom stereocenters. The van der Waals surface area contributed by atoms with Crippen LogP contribution >= 0.6 is 0 Å². The molecule has 0 rings (SSSR count). The predicted octanol–water partition coefficient (Wildman–Crippen LogP) is -0.0100. The second-order valence-corrected chi connectivity index (χ2v) is 0. The fourth-order valence-corrected chi connectivity index (χ4v) is 0. The molecule has 0 aliphatic heterocycles. The van der Waals surface area contributed by atoms with E-state index in [0.717, 1.165) is 0 Å². The van der Waals surface area contributed by atoms with Crippen molar-refractivity contribution in [2.45, 2.75) is 0 Å². The van der Waals surface area contributed by atoms with Gasteiger partial charge in [0.05, 0.1) is 0 Å². The molecular formula is Cr2CuNi. The van der Waals surface area contributed by atoms with Crippen molar-refractivity contribution in [3.8, 4) is 0 Å². The summed E-state index contributed by atoms with van der Waals surface area (Å²) in [6, 6.07) is 0. The smallest absolute Gasteiger partial charge is 0 e. The van der Waals surface area contributed by atoms with E-state index in [4.69, 9.17) is 0 Å². The molecule has 0 spiro atoms. The van der Waals surface area contributed by atoms with Crippen molar-refractivity contribution in [2.75, 3.05) is 0 Å². The van der Waals surface area contributed by atoms with Gasteiger partial charge < -0.3 is 0 Å². The third-order valence-corrected chi connectivity index (χ3v) is 0. The molecule has 0 atom stereocenters. The largest absolute Gasteiger partial charge is 0 e. The van der Waals surface area contributed by atoms with Gasteiger partial charge in [0.1, 0.15) is 0 Å². The SMILES string of the molecule is [Cr].[Cr].[Cu].[Ni]. The third-order valence-electron chi connectivity index (χ3n) is 0. The fourth-order valence-electron chi connectivity index (χ4n) is 0. The number of hydrogen-bond donors (Lipinski definition) is 0. The van der Waals surface area contributed by atoms with Gasteiger partial charge in [-0.25, -0.2) is 0 Å². The average molecular weight is 226 g/mol. The van der Waals surface area contributed by atoms with Gasteiger partial charge in [-0.15, -0.1) is 0 Å². The van der Waals surface area contributed by atoms with E-state index in [-0.39, 0.29) is 68.3 Å². The molecule has 0 amide bonds. The van der Waals surface area contributed by atoms with Crippen LogP contribution in [0, 0.1) is 0 Å². The first-order valence-electron chi connectivity index (χ1n) is 0. The van der Waals surface area contributed by atoms with Crippen molar-refractivity contribution in [1.82, 2.24) is 0 Å². The summed E-state index contributed by atoms with van der Waals surface area (Å²) in [5, 5.41) is 0. The first-order valence-corrected chi connectivity index (χ1v) is 0. The van der Waals surface area contributed by atoms with E-state index in [1.54, 1.807) is 0 Å². The zero-order chi connectivity index (χ0) is 0. The minimum absolute atomic E-state index is 0. The van der Waals surface area contributed by atoms with Crippen molar-refractivity contribution in [1.29, 1.82) is 0 Å². The monoisotopic (exact) mass is 225 g/mol. The van der Waals surface area contributed by atoms with Gasteiger partial charge in [-0.3, -0.25) is 0 Å². The van der Waals surface area contributed by atoms with Crippen LogP contribution in [0.5, 0.6) is 0 Å². The summed E-state index contributed by atoms with van der Waals surface area (Å²) in [7, 11) is 0. The topological polar surface area (TPSA) is 0 Å². The van der Waals surface area contributed by atoms with Crippen molar-refractivity contribution in [3.63, 3.8) is 0 Å². The zero-order valence-electron chi connectivity index (χ0n) is 1.43. The molecule has 1 radical (unpaired) electrons. The molecule has 0 aliphatic carbocycles. The number of hydrogen-bond acceptors (Lipinski definition) is 0. The van der Waals surface area contributed by atoms with E-state index < -0.39 is 0 Å². The molecule has 0 aromatic rings. The summed E-state index contributed by atoms with van der Waals surface area (Å²) in [5.41, 5.74) is 0. The Bertz CT molecular complexity index is 6.00. The fraction of sp³-hybridized carbons (Fsp3) is 0. The molecule has 0 aliphatic rings. The van der Waals surface area contributed by atoms with Crippen LogP contribution in [-0.2, 0) is 68.3 Å². The summed E-state index contributed by atoms with van der Waals surface area (Å²) in [6.45, 7) is 0. The van der Waals surface area contributed by atoms with Crippen LogP contribution in [-0.4, -0.2) is 0 Å². The predicted molar refractivity (Wildman–Crippen MR) is 0 cm³/mol. The molecule has 0 saturated heterocycles. The molecule has 0 N–H and O–H groups in total. The van der Waals surface area contributed by atoms with Crippen molar-refractivity contribution in [2.24, 2.45) is 0 Å². The maximum Gasteiger partial charge on any atom is 0 e. The Labute approximate surface area is 67.8 Å². The van der Waals surface area contributed by atoms with Gasteiger partial charge >= 0.3 is 0 Å². The normalized spacial score (nSPS) is 0. The van der Waals surface area contributed by atoms with Crippen LogP contribution in [0.2, 0.25) is 0 Å². The Hall–Kier alpha value is 2.08. The van der Waals surface area contributed by atoms with Crippen molar-refractivity contribution < 1.29 is 68.3 Å². The van der Waals surface area contributed by atoms with E-state index in [9.17, 15) is 0 Å². The van der Waals surface area contributed by atoms with Gasteiger partial charge in [0, 0.05) is 68.3 Å². The molecule has 33 valence electrons. The van der Waals surface area contributed by atoms with Gasteiger partial charge in [-0.2, -0.15) is 0 Å². The minimum atomic E-state index is 0. The van der Waals surface area contributed by atoms with Crippen LogP contribution in [0.15, 0.2) is 0 Å². The maximum absolute atomic E-state index is 0. The van der Waals surface area contributed by atoms with E-state index in [0.29, 0.717) is 0 Å². The van der Waals surface area contributed by atoms with Crippen LogP contribution < -0.4 is 0 Å². The van der Waals surface area contributed by atoms with Gasteiger partial charge in [-0.1, -0.05) is 0 Å². The van der Waals surface area contributed by atoms with Gasteiger partial charge in [0.2, 0.25) is 0 Å². The molecule has 0 heterocycles. The van der Waals surface area contributed by atoms with Crippen molar-refractivity contribution in [3.05, 3.63) is 0 Å². The second-order valence-electron chi connectivity index (χ2n) is 0. The average Bonchev–Trinajstić information content (AvgIpc) is 0. The Morgan fingerprint density at radius 3 is 0.750 bits per heavy atom. The van der Waals surface area contributed by atoms with E-state index in [1.165, 1.54) is 0 Å². The van der Waals surface area contributed by atoms with E-state index in [1.807, 2.05) is 0 Å². The second kappa shape index (κ2) is 19.6. The molecule has 4 heavy (non-hydrogen) atoms. The Balaban J connectivity index is 0. The zero-order valence-corrected chi connectivity index (χ0v) is 5.91. The van der Waals surface area contributed by atoms with Gasteiger partial charge in [-0.05, 0) is 0 Å². The van der Waals surface area contributed by atoms with Crippen LogP contribution in [0.25, 0.3) is 0 Å². The third kappa shape index (κ3) is 8.95. The number of rotatable bonds is 0. The molecule has 0 aromatic carbocycles. The molecule has 0 nitrogen and oxygen atoms in total. The first kappa shape index (κ1) is 36.3. The van der Waals surface area contributed by atoms with Crippen LogP contribution in [0.1, 0.15) is 0 Å².